The van der Waals surface area contributed by atoms with Gasteiger partial charge in [-0.15, -0.1) is 0 Å². The van der Waals surface area contributed by atoms with Gasteiger partial charge in [0.15, 0.2) is 11.5 Å². The first-order chi connectivity index (χ1) is 14.6. The second-order valence-corrected chi connectivity index (χ2v) is 6.69. The zero-order valence-electron chi connectivity index (χ0n) is 16.6. The highest BCUT2D eigenvalue weighted by molar-refractivity contribution is 6.30. The molecule has 154 valence electrons. The minimum Gasteiger partial charge on any atom is -0.493 e. The van der Waals surface area contributed by atoms with E-state index in [1.165, 1.54) is 14.2 Å². The molecule has 30 heavy (non-hydrogen) atoms. The Morgan fingerprint density at radius 2 is 1.67 bits per heavy atom. The van der Waals surface area contributed by atoms with Crippen molar-refractivity contribution < 1.29 is 19.0 Å². The maximum Gasteiger partial charge on any atom is 0.271 e. The number of benzene rings is 3. The quantitative estimate of drug-likeness (QED) is 0.420. The van der Waals surface area contributed by atoms with Gasteiger partial charge in [-0.25, -0.2) is 5.43 Å². The van der Waals surface area contributed by atoms with E-state index < -0.39 is 0 Å². The topological polar surface area (TPSA) is 69.2 Å². The third-order valence-corrected chi connectivity index (χ3v) is 4.48. The maximum atomic E-state index is 12.2. The molecule has 3 aromatic carbocycles. The average molecular weight is 425 g/mol. The zero-order valence-corrected chi connectivity index (χ0v) is 17.3. The molecule has 0 bridgehead atoms. The van der Waals surface area contributed by atoms with Crippen LogP contribution in [0.2, 0.25) is 5.02 Å². The Labute approximate surface area is 180 Å². The molecule has 7 heteroatoms. The number of hydrogen-bond donors (Lipinski definition) is 1. The number of hydrazone groups is 1. The van der Waals surface area contributed by atoms with E-state index in [9.17, 15) is 4.79 Å². The monoisotopic (exact) mass is 424 g/mol. The highest BCUT2D eigenvalue weighted by atomic mass is 35.5. The molecular formula is C23H21ClN2O4. The Kier molecular flexibility index (Phi) is 7.29. The maximum absolute atomic E-state index is 12.2. The predicted molar refractivity (Wildman–Crippen MR) is 117 cm³/mol. The normalized spacial score (nSPS) is 10.6. The Morgan fingerprint density at radius 3 is 2.33 bits per heavy atom. The molecule has 0 heterocycles. The van der Waals surface area contributed by atoms with Gasteiger partial charge in [0.05, 0.1) is 20.4 Å². The fourth-order valence-electron chi connectivity index (χ4n) is 2.60. The molecule has 0 aliphatic heterocycles. The van der Waals surface area contributed by atoms with Gasteiger partial charge in [0.2, 0.25) is 0 Å². The summed E-state index contributed by atoms with van der Waals surface area (Å²) in [5.41, 5.74) is 4.76. The van der Waals surface area contributed by atoms with E-state index in [0.29, 0.717) is 28.7 Å². The van der Waals surface area contributed by atoms with E-state index in [1.54, 1.807) is 24.4 Å². The highest BCUT2D eigenvalue weighted by Gasteiger charge is 2.09. The third-order valence-electron chi connectivity index (χ3n) is 4.22. The Morgan fingerprint density at radius 1 is 0.967 bits per heavy atom. The second kappa shape index (κ2) is 10.3. The molecule has 0 saturated heterocycles. The largest absolute Gasteiger partial charge is 0.493 e. The molecule has 1 amide bonds. The standard InChI is InChI=1S/C23H21ClN2O4/c1-28-21-12-7-18(13-22(21)29-2)23(27)26-25-14-16-5-10-20(11-6-16)30-15-17-3-8-19(24)9-4-17/h3-14H,15H2,1-2H3,(H,26,27). The van der Waals surface area contributed by atoms with Gasteiger partial charge in [-0.3, -0.25) is 4.79 Å². The van der Waals surface area contributed by atoms with E-state index in [2.05, 4.69) is 10.5 Å². The molecule has 3 aromatic rings. The Balaban J connectivity index is 1.53. The predicted octanol–water partition coefficient (Wildman–Crippen LogP) is 4.70. The van der Waals surface area contributed by atoms with Crippen molar-refractivity contribution >= 4 is 23.7 Å². The van der Waals surface area contributed by atoms with E-state index in [1.807, 2.05) is 48.5 Å². The van der Waals surface area contributed by atoms with Crippen molar-refractivity contribution in [1.29, 1.82) is 0 Å². The van der Waals surface area contributed by atoms with Crippen molar-refractivity contribution in [2.45, 2.75) is 6.61 Å². The van der Waals surface area contributed by atoms with Crippen LogP contribution in [0.25, 0.3) is 0 Å². The molecule has 0 spiro atoms. The molecule has 1 N–H and O–H groups in total. The van der Waals surface area contributed by atoms with Crippen LogP contribution < -0.4 is 19.6 Å². The molecule has 0 aliphatic carbocycles. The summed E-state index contributed by atoms with van der Waals surface area (Å²) < 4.78 is 16.1. The highest BCUT2D eigenvalue weighted by Crippen LogP contribution is 2.27. The van der Waals surface area contributed by atoms with Gasteiger partial charge < -0.3 is 14.2 Å². The van der Waals surface area contributed by atoms with Gasteiger partial charge in [0.25, 0.3) is 5.91 Å². The molecule has 0 radical (unpaired) electrons. The van der Waals surface area contributed by atoms with Gasteiger partial charge >= 0.3 is 0 Å². The van der Waals surface area contributed by atoms with Gasteiger partial charge in [-0.05, 0) is 65.7 Å². The molecule has 0 atom stereocenters. The molecule has 0 aromatic heterocycles. The van der Waals surface area contributed by atoms with Gasteiger partial charge in [0, 0.05) is 10.6 Å². The van der Waals surface area contributed by atoms with Crippen LogP contribution in [0.1, 0.15) is 21.5 Å². The first-order valence-corrected chi connectivity index (χ1v) is 9.49. The molecule has 6 nitrogen and oxygen atoms in total. The number of nitrogens with one attached hydrogen (secondary N) is 1. The van der Waals surface area contributed by atoms with Gasteiger partial charge in [-0.1, -0.05) is 23.7 Å². The van der Waals surface area contributed by atoms with E-state index in [-0.39, 0.29) is 5.91 Å². The SMILES string of the molecule is COc1ccc(C(=O)NN=Cc2ccc(OCc3ccc(Cl)cc3)cc2)cc1OC. The van der Waals surface area contributed by atoms with Crippen molar-refractivity contribution in [3.63, 3.8) is 0 Å². The summed E-state index contributed by atoms with van der Waals surface area (Å²) in [7, 11) is 3.05. The Bertz CT molecular complexity index is 1020. The van der Waals surface area contributed by atoms with Crippen molar-refractivity contribution in [2.75, 3.05) is 14.2 Å². The molecular weight excluding hydrogens is 404 g/mol. The zero-order chi connectivity index (χ0) is 21.3. The molecule has 3 rings (SSSR count). The lowest BCUT2D eigenvalue weighted by molar-refractivity contribution is 0.0954. The van der Waals surface area contributed by atoms with Crippen molar-refractivity contribution in [2.24, 2.45) is 5.10 Å². The summed E-state index contributed by atoms with van der Waals surface area (Å²) in [5, 5.41) is 4.69. The second-order valence-electron chi connectivity index (χ2n) is 6.25. The summed E-state index contributed by atoms with van der Waals surface area (Å²) in [4.78, 5) is 12.2. The Hall–Kier alpha value is -3.51. The number of carbonyl (C=O) groups is 1. The van der Waals surface area contributed by atoms with Crippen LogP contribution in [-0.2, 0) is 6.61 Å². The number of nitrogens with zero attached hydrogens (tertiary/aromatic N) is 1. The van der Waals surface area contributed by atoms with E-state index in [4.69, 9.17) is 25.8 Å². The summed E-state index contributed by atoms with van der Waals surface area (Å²) in [6.07, 6.45) is 1.56. The van der Waals surface area contributed by atoms with Crippen LogP contribution in [-0.4, -0.2) is 26.3 Å². The number of ether oxygens (including phenoxy) is 3. The number of hydrogen-bond acceptors (Lipinski definition) is 5. The van der Waals surface area contributed by atoms with E-state index in [0.717, 1.165) is 16.9 Å². The van der Waals surface area contributed by atoms with Crippen LogP contribution >= 0.6 is 11.6 Å². The fourth-order valence-corrected chi connectivity index (χ4v) is 2.73. The summed E-state index contributed by atoms with van der Waals surface area (Å²) in [5.74, 6) is 1.41. The smallest absolute Gasteiger partial charge is 0.271 e. The van der Waals surface area contributed by atoms with Gasteiger partial charge in [0.1, 0.15) is 12.4 Å². The number of carbonyl (C=O) groups excluding carboxylic acids is 1. The number of amides is 1. The lowest BCUT2D eigenvalue weighted by atomic mass is 10.2. The third kappa shape index (κ3) is 5.75. The van der Waals surface area contributed by atoms with Crippen molar-refractivity contribution in [3.05, 3.63) is 88.4 Å². The first kappa shape index (κ1) is 21.2. The van der Waals surface area contributed by atoms with Crippen LogP contribution in [0.15, 0.2) is 71.8 Å². The summed E-state index contributed by atoms with van der Waals surface area (Å²) in [6, 6.07) is 19.8. The van der Waals surface area contributed by atoms with Crippen LogP contribution in [0.5, 0.6) is 17.2 Å². The summed E-state index contributed by atoms with van der Waals surface area (Å²) >= 11 is 5.88. The lowest BCUT2D eigenvalue weighted by Gasteiger charge is -2.08. The average Bonchev–Trinajstić information content (AvgIpc) is 2.79. The van der Waals surface area contributed by atoms with Crippen molar-refractivity contribution in [3.8, 4) is 17.2 Å². The van der Waals surface area contributed by atoms with E-state index >= 15 is 0 Å². The summed E-state index contributed by atoms with van der Waals surface area (Å²) in [6.45, 7) is 0.450. The molecule has 0 fully saturated rings. The number of rotatable bonds is 8. The van der Waals surface area contributed by atoms with Crippen LogP contribution in [0.3, 0.4) is 0 Å². The molecule has 0 unspecified atom stereocenters. The van der Waals surface area contributed by atoms with Gasteiger partial charge in [-0.2, -0.15) is 5.10 Å². The van der Waals surface area contributed by atoms with Crippen LogP contribution in [0.4, 0.5) is 0 Å². The minimum absolute atomic E-state index is 0.352. The minimum atomic E-state index is -0.352. The number of methoxy groups -OCH3 is 2. The molecule has 0 saturated carbocycles. The van der Waals surface area contributed by atoms with Crippen LogP contribution in [0, 0.1) is 0 Å². The number of halogens is 1. The molecule has 0 aliphatic rings. The lowest BCUT2D eigenvalue weighted by Crippen LogP contribution is -2.17. The van der Waals surface area contributed by atoms with Crippen molar-refractivity contribution in [1.82, 2.24) is 5.43 Å². The fraction of sp³-hybridized carbons (Fsp3) is 0.130. The first-order valence-electron chi connectivity index (χ1n) is 9.12.